The van der Waals surface area contributed by atoms with Gasteiger partial charge in [-0.25, -0.2) is 8.78 Å². The topological polar surface area (TPSA) is 29.3 Å². The van der Waals surface area contributed by atoms with Crippen LogP contribution in [0.1, 0.15) is 25.7 Å². The summed E-state index contributed by atoms with van der Waals surface area (Å²) in [6.07, 6.45) is 4.12. The van der Waals surface area contributed by atoms with Crippen LogP contribution in [0.25, 0.3) is 0 Å². The normalized spacial score (nSPS) is 31.9. The van der Waals surface area contributed by atoms with E-state index in [0.717, 1.165) is 31.4 Å². The molecule has 1 aromatic rings. The third-order valence-corrected chi connectivity index (χ3v) is 3.97. The highest BCUT2D eigenvalue weighted by Gasteiger charge is 2.39. The lowest BCUT2D eigenvalue weighted by Gasteiger charge is -2.39. The van der Waals surface area contributed by atoms with Crippen molar-refractivity contribution in [2.24, 2.45) is 5.73 Å². The number of fused-ring (bicyclic) bond motifs is 2. The van der Waals surface area contributed by atoms with Crippen LogP contribution < -0.4 is 10.6 Å². The molecule has 1 aromatic carbocycles. The highest BCUT2D eigenvalue weighted by molar-refractivity contribution is 5.51. The summed E-state index contributed by atoms with van der Waals surface area (Å²) in [5.74, 6) is -1.55. The number of benzene rings is 1. The molecule has 2 heterocycles. The van der Waals surface area contributed by atoms with Crippen molar-refractivity contribution in [2.75, 3.05) is 4.90 Å². The molecular formula is C13H16F2N2. The highest BCUT2D eigenvalue weighted by atomic mass is 19.2. The molecule has 2 nitrogen and oxygen atoms in total. The van der Waals surface area contributed by atoms with Gasteiger partial charge in [-0.2, -0.15) is 0 Å². The maximum atomic E-state index is 13.3. The average molecular weight is 238 g/mol. The molecule has 0 radical (unpaired) electrons. The van der Waals surface area contributed by atoms with E-state index in [4.69, 9.17) is 5.73 Å². The Hall–Kier alpha value is -1.16. The highest BCUT2D eigenvalue weighted by Crippen LogP contribution is 2.39. The largest absolute Gasteiger partial charge is 0.365 e. The monoisotopic (exact) mass is 238 g/mol. The van der Waals surface area contributed by atoms with E-state index in [1.807, 2.05) is 0 Å². The number of nitrogens with zero attached hydrogens (tertiary/aromatic N) is 1. The standard InChI is InChI=1S/C13H16F2N2/c14-12-4-3-11(7-13(12)15)17-9-1-2-10(17)6-8(16)5-9/h3-4,7-10H,1-2,5-6,16H2. The summed E-state index contributed by atoms with van der Waals surface area (Å²) in [7, 11) is 0. The van der Waals surface area contributed by atoms with Gasteiger partial charge in [-0.05, 0) is 37.8 Å². The number of halogens is 2. The van der Waals surface area contributed by atoms with Crippen LogP contribution in [-0.4, -0.2) is 18.1 Å². The van der Waals surface area contributed by atoms with Gasteiger partial charge in [-0.1, -0.05) is 0 Å². The third-order valence-electron chi connectivity index (χ3n) is 3.97. The maximum Gasteiger partial charge on any atom is 0.160 e. The summed E-state index contributed by atoms with van der Waals surface area (Å²) in [6.45, 7) is 0. The van der Waals surface area contributed by atoms with Gasteiger partial charge in [0.05, 0.1) is 0 Å². The minimum Gasteiger partial charge on any atom is -0.365 e. The van der Waals surface area contributed by atoms with Gasteiger partial charge in [0.2, 0.25) is 0 Å². The SMILES string of the molecule is NC1CC2CCC(C1)N2c1ccc(F)c(F)c1. The van der Waals surface area contributed by atoms with Gasteiger partial charge in [-0.3, -0.25) is 0 Å². The molecule has 92 valence electrons. The zero-order valence-corrected chi connectivity index (χ0v) is 9.57. The van der Waals surface area contributed by atoms with Crippen LogP contribution in [0.15, 0.2) is 18.2 Å². The van der Waals surface area contributed by atoms with Gasteiger partial charge < -0.3 is 10.6 Å². The number of hydrogen-bond donors (Lipinski definition) is 1. The predicted molar refractivity (Wildman–Crippen MR) is 62.9 cm³/mol. The second-order valence-corrected chi connectivity index (χ2v) is 5.12. The summed E-state index contributed by atoms with van der Waals surface area (Å²) in [5, 5.41) is 0. The Morgan fingerprint density at radius 2 is 1.71 bits per heavy atom. The van der Waals surface area contributed by atoms with Gasteiger partial charge in [-0.15, -0.1) is 0 Å². The lowest BCUT2D eigenvalue weighted by molar-refractivity contribution is 0.413. The number of hydrogen-bond acceptors (Lipinski definition) is 2. The summed E-state index contributed by atoms with van der Waals surface area (Å²) >= 11 is 0. The van der Waals surface area contributed by atoms with Crippen molar-refractivity contribution in [3.8, 4) is 0 Å². The van der Waals surface area contributed by atoms with Crippen LogP contribution in [0.2, 0.25) is 0 Å². The van der Waals surface area contributed by atoms with Crippen LogP contribution in [0, 0.1) is 11.6 Å². The molecule has 2 aliphatic heterocycles. The fraction of sp³-hybridized carbons (Fsp3) is 0.538. The van der Waals surface area contributed by atoms with Crippen molar-refractivity contribution in [3.05, 3.63) is 29.8 Å². The van der Waals surface area contributed by atoms with E-state index in [-0.39, 0.29) is 6.04 Å². The molecule has 2 aliphatic rings. The van der Waals surface area contributed by atoms with E-state index in [1.165, 1.54) is 12.1 Å². The summed E-state index contributed by atoms with van der Waals surface area (Å²) in [4.78, 5) is 2.23. The lowest BCUT2D eigenvalue weighted by Crippen LogP contribution is -2.47. The molecule has 4 heteroatoms. The minimum absolute atomic E-state index is 0.258. The van der Waals surface area contributed by atoms with Crippen LogP contribution >= 0.6 is 0 Å². The van der Waals surface area contributed by atoms with Crippen molar-refractivity contribution >= 4 is 5.69 Å². The van der Waals surface area contributed by atoms with Gasteiger partial charge in [0.15, 0.2) is 11.6 Å². The zero-order valence-electron chi connectivity index (χ0n) is 9.57. The predicted octanol–water partition coefficient (Wildman–Crippen LogP) is 2.42. The molecule has 0 amide bonds. The molecule has 2 fully saturated rings. The van der Waals surface area contributed by atoms with E-state index in [9.17, 15) is 8.78 Å². The molecule has 0 aromatic heterocycles. The Morgan fingerprint density at radius 3 is 2.29 bits per heavy atom. The molecule has 2 saturated heterocycles. The van der Waals surface area contributed by atoms with E-state index in [2.05, 4.69) is 4.90 Å². The first-order chi connectivity index (χ1) is 8.15. The number of nitrogens with two attached hydrogens (primary N) is 1. The first-order valence-corrected chi connectivity index (χ1v) is 6.14. The molecule has 2 bridgehead atoms. The molecule has 0 saturated carbocycles. The Balaban J connectivity index is 1.92. The molecule has 2 N–H and O–H groups in total. The van der Waals surface area contributed by atoms with Gasteiger partial charge >= 0.3 is 0 Å². The van der Waals surface area contributed by atoms with Gasteiger partial charge in [0, 0.05) is 29.9 Å². The fourth-order valence-electron chi connectivity index (χ4n) is 3.29. The number of anilines is 1. The smallest absolute Gasteiger partial charge is 0.160 e. The van der Waals surface area contributed by atoms with Crippen LogP contribution in [0.5, 0.6) is 0 Å². The zero-order chi connectivity index (χ0) is 12.0. The quantitative estimate of drug-likeness (QED) is 0.814. The van der Waals surface area contributed by atoms with Crippen LogP contribution in [-0.2, 0) is 0 Å². The van der Waals surface area contributed by atoms with E-state index in [1.54, 1.807) is 6.07 Å². The van der Waals surface area contributed by atoms with Crippen molar-refractivity contribution in [1.29, 1.82) is 0 Å². The summed E-state index contributed by atoms with van der Waals surface area (Å²) in [6, 6.07) is 5.23. The van der Waals surface area contributed by atoms with Crippen LogP contribution in [0.3, 0.4) is 0 Å². The Kier molecular flexibility index (Phi) is 2.54. The summed E-state index contributed by atoms with van der Waals surface area (Å²) in [5.41, 5.74) is 6.78. The minimum atomic E-state index is -0.783. The Bertz CT molecular complexity index is 421. The number of piperidine rings is 1. The van der Waals surface area contributed by atoms with E-state index >= 15 is 0 Å². The van der Waals surface area contributed by atoms with E-state index in [0.29, 0.717) is 12.1 Å². The van der Waals surface area contributed by atoms with Gasteiger partial charge in [0.25, 0.3) is 0 Å². The second kappa shape index (κ2) is 3.95. The molecular weight excluding hydrogens is 222 g/mol. The molecule has 2 atom stereocenters. The Morgan fingerprint density at radius 1 is 1.06 bits per heavy atom. The van der Waals surface area contributed by atoms with Gasteiger partial charge in [0.1, 0.15) is 0 Å². The first kappa shape index (κ1) is 11.0. The maximum absolute atomic E-state index is 13.3. The lowest BCUT2D eigenvalue weighted by atomic mass is 9.97. The number of rotatable bonds is 1. The first-order valence-electron chi connectivity index (χ1n) is 6.14. The van der Waals surface area contributed by atoms with Crippen molar-refractivity contribution in [3.63, 3.8) is 0 Å². The summed E-state index contributed by atoms with van der Waals surface area (Å²) < 4.78 is 26.2. The van der Waals surface area contributed by atoms with Crippen molar-refractivity contribution in [1.82, 2.24) is 0 Å². The van der Waals surface area contributed by atoms with Crippen molar-refractivity contribution in [2.45, 2.75) is 43.8 Å². The Labute approximate surface area is 99.4 Å². The third kappa shape index (κ3) is 1.80. The fourth-order valence-corrected chi connectivity index (χ4v) is 3.29. The molecule has 2 unspecified atom stereocenters. The molecule has 0 spiro atoms. The second-order valence-electron chi connectivity index (χ2n) is 5.12. The molecule has 17 heavy (non-hydrogen) atoms. The van der Waals surface area contributed by atoms with Crippen molar-refractivity contribution < 1.29 is 8.78 Å². The van der Waals surface area contributed by atoms with E-state index < -0.39 is 11.6 Å². The average Bonchev–Trinajstić information content (AvgIpc) is 2.55. The van der Waals surface area contributed by atoms with Crippen LogP contribution in [0.4, 0.5) is 14.5 Å². The molecule has 0 aliphatic carbocycles. The molecule has 3 rings (SSSR count).